The lowest BCUT2D eigenvalue weighted by Gasteiger charge is -2.23. The fraction of sp³-hybridized carbons (Fsp3) is 0.286. The molecule has 1 aliphatic heterocycles. The van der Waals surface area contributed by atoms with Crippen molar-refractivity contribution in [2.45, 2.75) is 6.42 Å². The molecule has 0 radical (unpaired) electrons. The summed E-state index contributed by atoms with van der Waals surface area (Å²) >= 11 is 3.41. The maximum Gasteiger partial charge on any atom is 0.239 e. The van der Waals surface area contributed by atoms with E-state index >= 15 is 0 Å². The normalized spacial score (nSPS) is 16.1. The van der Waals surface area contributed by atoms with Crippen molar-refractivity contribution in [2.24, 2.45) is 0 Å². The number of pyridine rings is 1. The van der Waals surface area contributed by atoms with Crippen LogP contribution in [0.4, 0.5) is 11.4 Å². The molecule has 3 rings (SSSR count). The average molecular weight is 335 g/mol. The Bertz CT molecular complexity index is 674. The van der Waals surface area contributed by atoms with Crippen molar-refractivity contribution in [2.75, 3.05) is 30.3 Å². The van der Waals surface area contributed by atoms with Crippen LogP contribution in [0, 0.1) is 0 Å². The fourth-order valence-electron chi connectivity index (χ4n) is 2.47. The van der Waals surface area contributed by atoms with Gasteiger partial charge in [0.25, 0.3) is 0 Å². The molecule has 1 fully saturated rings. The SMILES string of the molecule is Nc1ccc(N2CCCNC(=O)C2)c2ncc(Br)cc12. The molecule has 5 nitrogen and oxygen atoms in total. The minimum Gasteiger partial charge on any atom is -0.398 e. The summed E-state index contributed by atoms with van der Waals surface area (Å²) in [6.45, 7) is 1.91. The largest absolute Gasteiger partial charge is 0.398 e. The quantitative estimate of drug-likeness (QED) is 0.781. The van der Waals surface area contributed by atoms with Gasteiger partial charge in [-0.15, -0.1) is 0 Å². The van der Waals surface area contributed by atoms with Crippen molar-refractivity contribution >= 4 is 44.1 Å². The lowest BCUT2D eigenvalue weighted by Crippen LogP contribution is -2.33. The average Bonchev–Trinajstić information content (AvgIpc) is 2.64. The predicted octanol–water partition coefficient (Wildman–Crippen LogP) is 1.91. The van der Waals surface area contributed by atoms with E-state index in [1.54, 1.807) is 6.20 Å². The summed E-state index contributed by atoms with van der Waals surface area (Å²) in [5.74, 6) is 0.0459. The topological polar surface area (TPSA) is 71.2 Å². The molecular formula is C14H15BrN4O. The molecule has 0 spiro atoms. The Kier molecular flexibility index (Phi) is 3.48. The summed E-state index contributed by atoms with van der Waals surface area (Å²) in [6.07, 6.45) is 2.68. The van der Waals surface area contributed by atoms with E-state index in [9.17, 15) is 4.79 Å². The first-order valence-corrected chi connectivity index (χ1v) is 7.30. The molecule has 0 bridgehead atoms. The summed E-state index contributed by atoms with van der Waals surface area (Å²) in [6, 6.07) is 5.77. The van der Waals surface area contributed by atoms with Crippen LogP contribution in [-0.4, -0.2) is 30.5 Å². The molecule has 1 aliphatic rings. The molecule has 0 unspecified atom stereocenters. The highest BCUT2D eigenvalue weighted by atomic mass is 79.9. The maximum atomic E-state index is 11.7. The van der Waals surface area contributed by atoms with E-state index in [1.165, 1.54) is 0 Å². The third-order valence-electron chi connectivity index (χ3n) is 3.43. The molecule has 2 heterocycles. The van der Waals surface area contributed by atoms with Gasteiger partial charge in [-0.2, -0.15) is 0 Å². The Hall–Kier alpha value is -1.82. The Labute approximate surface area is 125 Å². The number of halogens is 1. The van der Waals surface area contributed by atoms with Crippen molar-refractivity contribution < 1.29 is 4.79 Å². The number of nitrogens with one attached hydrogen (secondary N) is 1. The van der Waals surface area contributed by atoms with Crippen LogP contribution in [-0.2, 0) is 4.79 Å². The van der Waals surface area contributed by atoms with Crippen molar-refractivity contribution in [1.29, 1.82) is 0 Å². The molecule has 1 aromatic heterocycles. The minimum atomic E-state index is 0.0459. The van der Waals surface area contributed by atoms with Gasteiger partial charge in [-0.05, 0) is 40.5 Å². The molecule has 104 valence electrons. The van der Waals surface area contributed by atoms with E-state index in [4.69, 9.17) is 5.73 Å². The zero-order chi connectivity index (χ0) is 14.1. The van der Waals surface area contributed by atoms with Gasteiger partial charge in [0.15, 0.2) is 0 Å². The number of fused-ring (bicyclic) bond motifs is 1. The second-order valence-electron chi connectivity index (χ2n) is 4.85. The number of amides is 1. The fourth-order valence-corrected chi connectivity index (χ4v) is 2.80. The summed E-state index contributed by atoms with van der Waals surface area (Å²) in [5, 5.41) is 3.78. The lowest BCUT2D eigenvalue weighted by atomic mass is 10.1. The van der Waals surface area contributed by atoms with Crippen LogP contribution in [0.15, 0.2) is 28.9 Å². The maximum absolute atomic E-state index is 11.7. The molecule has 1 saturated heterocycles. The first kappa shape index (κ1) is 13.2. The van der Waals surface area contributed by atoms with Gasteiger partial charge in [-0.1, -0.05) is 0 Å². The number of rotatable bonds is 1. The number of hydrogen-bond acceptors (Lipinski definition) is 4. The van der Waals surface area contributed by atoms with Crippen molar-refractivity contribution in [1.82, 2.24) is 10.3 Å². The molecular weight excluding hydrogens is 320 g/mol. The standard InChI is InChI=1S/C14H15BrN4O/c15-9-6-10-11(16)2-3-12(14(10)18-7-9)19-5-1-4-17-13(20)8-19/h2-3,6-7H,1,4-5,8,16H2,(H,17,20). The number of benzene rings is 1. The Balaban J connectivity index is 2.11. The molecule has 6 heteroatoms. The van der Waals surface area contributed by atoms with Crippen LogP contribution in [0.5, 0.6) is 0 Å². The van der Waals surface area contributed by atoms with E-state index < -0.39 is 0 Å². The van der Waals surface area contributed by atoms with Crippen LogP contribution in [0.3, 0.4) is 0 Å². The molecule has 2 aromatic rings. The number of carbonyl (C=O) groups excluding carboxylic acids is 1. The van der Waals surface area contributed by atoms with E-state index in [0.29, 0.717) is 12.2 Å². The number of aromatic nitrogens is 1. The highest BCUT2D eigenvalue weighted by Crippen LogP contribution is 2.31. The molecule has 3 N–H and O–H groups in total. The van der Waals surface area contributed by atoms with Crippen molar-refractivity contribution in [3.8, 4) is 0 Å². The predicted molar refractivity (Wildman–Crippen MR) is 83.7 cm³/mol. The van der Waals surface area contributed by atoms with Gasteiger partial charge in [0.05, 0.1) is 17.7 Å². The van der Waals surface area contributed by atoms with Crippen LogP contribution >= 0.6 is 15.9 Å². The van der Waals surface area contributed by atoms with Crippen molar-refractivity contribution in [3.63, 3.8) is 0 Å². The van der Waals surface area contributed by atoms with Gasteiger partial charge in [0.2, 0.25) is 5.91 Å². The zero-order valence-electron chi connectivity index (χ0n) is 10.9. The molecule has 0 saturated carbocycles. The summed E-state index contributed by atoms with van der Waals surface area (Å²) in [5.41, 5.74) is 8.51. The smallest absolute Gasteiger partial charge is 0.239 e. The molecule has 0 aliphatic carbocycles. The zero-order valence-corrected chi connectivity index (χ0v) is 12.5. The third kappa shape index (κ3) is 2.43. The van der Waals surface area contributed by atoms with E-state index in [2.05, 4.69) is 31.1 Å². The monoisotopic (exact) mass is 334 g/mol. The van der Waals surface area contributed by atoms with Crippen molar-refractivity contribution in [3.05, 3.63) is 28.9 Å². The number of nitrogens with zero attached hydrogens (tertiary/aromatic N) is 2. The molecule has 1 aromatic carbocycles. The number of nitrogen functional groups attached to an aromatic ring is 1. The van der Waals surface area contributed by atoms with E-state index in [0.717, 1.165) is 40.6 Å². The van der Waals surface area contributed by atoms with Gasteiger partial charge >= 0.3 is 0 Å². The van der Waals surface area contributed by atoms with Crippen LogP contribution in [0.1, 0.15) is 6.42 Å². The highest BCUT2D eigenvalue weighted by molar-refractivity contribution is 9.10. The molecule has 0 atom stereocenters. The summed E-state index contributed by atoms with van der Waals surface area (Å²) in [7, 11) is 0. The summed E-state index contributed by atoms with van der Waals surface area (Å²) in [4.78, 5) is 18.3. The second-order valence-corrected chi connectivity index (χ2v) is 5.76. The first-order chi connectivity index (χ1) is 9.65. The van der Waals surface area contributed by atoms with Crippen LogP contribution in [0.25, 0.3) is 10.9 Å². The van der Waals surface area contributed by atoms with E-state index in [1.807, 2.05) is 18.2 Å². The Morgan fingerprint density at radius 1 is 1.40 bits per heavy atom. The van der Waals surface area contributed by atoms with Gasteiger partial charge in [0, 0.05) is 34.8 Å². The third-order valence-corrected chi connectivity index (χ3v) is 3.86. The summed E-state index contributed by atoms with van der Waals surface area (Å²) < 4.78 is 0.891. The molecule has 20 heavy (non-hydrogen) atoms. The van der Waals surface area contributed by atoms with Gasteiger partial charge in [0.1, 0.15) is 0 Å². The Morgan fingerprint density at radius 3 is 3.10 bits per heavy atom. The Morgan fingerprint density at radius 2 is 2.25 bits per heavy atom. The van der Waals surface area contributed by atoms with Gasteiger partial charge < -0.3 is 16.0 Å². The first-order valence-electron chi connectivity index (χ1n) is 6.50. The van der Waals surface area contributed by atoms with Crippen LogP contribution < -0.4 is 16.0 Å². The number of carbonyl (C=O) groups is 1. The number of nitrogens with two attached hydrogens (primary N) is 1. The molecule has 1 amide bonds. The van der Waals surface area contributed by atoms with E-state index in [-0.39, 0.29) is 5.91 Å². The van der Waals surface area contributed by atoms with Crippen LogP contribution in [0.2, 0.25) is 0 Å². The highest BCUT2D eigenvalue weighted by Gasteiger charge is 2.18. The lowest BCUT2D eigenvalue weighted by molar-refractivity contribution is -0.119. The number of hydrogen-bond donors (Lipinski definition) is 2. The number of anilines is 2. The van der Waals surface area contributed by atoms with Gasteiger partial charge in [-0.25, -0.2) is 0 Å². The second kappa shape index (κ2) is 5.28. The van der Waals surface area contributed by atoms with Gasteiger partial charge in [-0.3, -0.25) is 9.78 Å². The minimum absolute atomic E-state index is 0.0459.